The molecular formula is C24H20FN3O2. The van der Waals surface area contributed by atoms with E-state index in [-0.39, 0.29) is 11.5 Å². The molecule has 1 aliphatic carbocycles. The van der Waals surface area contributed by atoms with Crippen LogP contribution in [0, 0.1) is 5.82 Å². The summed E-state index contributed by atoms with van der Waals surface area (Å²) >= 11 is 0. The van der Waals surface area contributed by atoms with E-state index in [0.717, 1.165) is 46.1 Å². The van der Waals surface area contributed by atoms with Gasteiger partial charge in [-0.1, -0.05) is 6.07 Å². The van der Waals surface area contributed by atoms with Gasteiger partial charge in [-0.25, -0.2) is 14.2 Å². The van der Waals surface area contributed by atoms with Gasteiger partial charge in [0.2, 0.25) is 0 Å². The number of methoxy groups -OCH3 is 1. The molecule has 0 radical (unpaired) electrons. The number of hydrogen-bond acceptors (Lipinski definition) is 4. The summed E-state index contributed by atoms with van der Waals surface area (Å²) in [6.07, 6.45) is 6.02. The van der Waals surface area contributed by atoms with Crippen LogP contribution in [-0.2, 0) is 11.2 Å². The molecule has 1 fully saturated rings. The van der Waals surface area contributed by atoms with Crippen molar-refractivity contribution in [3.05, 3.63) is 83.2 Å². The molecule has 1 aliphatic rings. The Morgan fingerprint density at radius 1 is 1.23 bits per heavy atom. The first-order valence-electron chi connectivity index (χ1n) is 9.92. The maximum Gasteiger partial charge on any atom is 0.356 e. The predicted octanol–water partition coefficient (Wildman–Crippen LogP) is 5.02. The predicted molar refractivity (Wildman–Crippen MR) is 112 cm³/mol. The molecule has 0 aliphatic heterocycles. The number of fused-ring (bicyclic) bond motifs is 1. The van der Waals surface area contributed by atoms with Crippen molar-refractivity contribution in [1.29, 1.82) is 0 Å². The summed E-state index contributed by atoms with van der Waals surface area (Å²) in [5, 5.41) is 0.820. The summed E-state index contributed by atoms with van der Waals surface area (Å²) in [5.74, 6) is -0.330. The van der Waals surface area contributed by atoms with Crippen molar-refractivity contribution in [2.24, 2.45) is 0 Å². The standard InChI is InChI=1S/C24H20FN3O2/c1-30-24(29)21-6-2-5-16(27-21)10-19-18-11-20(25)17(14-7-8-14)12-22(18)28-23(19)15-4-3-9-26-13-15/h2-6,9,11-14,28H,7-8,10H2,1H3. The van der Waals surface area contributed by atoms with Gasteiger partial charge in [0.1, 0.15) is 11.5 Å². The molecule has 5 nitrogen and oxygen atoms in total. The van der Waals surface area contributed by atoms with E-state index in [4.69, 9.17) is 4.74 Å². The third kappa shape index (κ3) is 3.34. The largest absolute Gasteiger partial charge is 0.464 e. The Morgan fingerprint density at radius 3 is 2.83 bits per heavy atom. The molecule has 0 saturated heterocycles. The number of hydrogen-bond donors (Lipinski definition) is 1. The van der Waals surface area contributed by atoms with Gasteiger partial charge in [-0.3, -0.25) is 4.98 Å². The quantitative estimate of drug-likeness (QED) is 0.477. The van der Waals surface area contributed by atoms with E-state index in [1.807, 2.05) is 24.3 Å². The van der Waals surface area contributed by atoms with Gasteiger partial charge < -0.3 is 9.72 Å². The summed E-state index contributed by atoms with van der Waals surface area (Å²) in [6, 6.07) is 12.7. The number of H-pyrrole nitrogens is 1. The number of rotatable bonds is 5. The average Bonchev–Trinajstić information content (AvgIpc) is 3.57. The lowest BCUT2D eigenvalue weighted by Crippen LogP contribution is -2.06. The molecule has 5 rings (SSSR count). The van der Waals surface area contributed by atoms with Gasteiger partial charge in [-0.05, 0) is 66.3 Å². The van der Waals surface area contributed by atoms with Crippen LogP contribution in [0.25, 0.3) is 22.2 Å². The molecule has 0 unspecified atom stereocenters. The van der Waals surface area contributed by atoms with Gasteiger partial charge in [0.15, 0.2) is 0 Å². The molecule has 0 amide bonds. The van der Waals surface area contributed by atoms with Crippen LogP contribution in [0.2, 0.25) is 0 Å². The topological polar surface area (TPSA) is 67.9 Å². The van der Waals surface area contributed by atoms with Crippen molar-refractivity contribution in [3.8, 4) is 11.3 Å². The van der Waals surface area contributed by atoms with E-state index in [1.165, 1.54) is 7.11 Å². The highest BCUT2D eigenvalue weighted by Crippen LogP contribution is 2.43. The van der Waals surface area contributed by atoms with Gasteiger partial charge in [0, 0.05) is 41.0 Å². The van der Waals surface area contributed by atoms with Crippen LogP contribution in [0.4, 0.5) is 4.39 Å². The number of aromatic nitrogens is 3. The normalized spacial score (nSPS) is 13.5. The third-order valence-corrected chi connectivity index (χ3v) is 5.55. The number of pyridine rings is 2. The maximum atomic E-state index is 14.9. The Hall–Kier alpha value is -3.54. The van der Waals surface area contributed by atoms with Crippen LogP contribution in [-0.4, -0.2) is 28.0 Å². The lowest BCUT2D eigenvalue weighted by atomic mass is 10.00. The summed E-state index contributed by atoms with van der Waals surface area (Å²) in [5.41, 5.74) is 5.36. The van der Waals surface area contributed by atoms with Crippen molar-refractivity contribution in [2.45, 2.75) is 25.2 Å². The lowest BCUT2D eigenvalue weighted by Gasteiger charge is -2.07. The van der Waals surface area contributed by atoms with Crippen molar-refractivity contribution in [2.75, 3.05) is 7.11 Å². The molecule has 1 aromatic carbocycles. The van der Waals surface area contributed by atoms with Gasteiger partial charge in [-0.15, -0.1) is 0 Å². The second kappa shape index (κ2) is 7.37. The summed E-state index contributed by atoms with van der Waals surface area (Å²) in [7, 11) is 1.33. The Bertz CT molecular complexity index is 1250. The number of aromatic amines is 1. The van der Waals surface area contributed by atoms with E-state index >= 15 is 0 Å². The highest BCUT2D eigenvalue weighted by Gasteiger charge is 2.28. The van der Waals surface area contributed by atoms with Crippen LogP contribution >= 0.6 is 0 Å². The smallest absolute Gasteiger partial charge is 0.356 e. The van der Waals surface area contributed by atoms with Crippen LogP contribution in [0.5, 0.6) is 0 Å². The zero-order valence-electron chi connectivity index (χ0n) is 16.5. The highest BCUT2D eigenvalue weighted by atomic mass is 19.1. The van der Waals surface area contributed by atoms with Gasteiger partial charge in [0.25, 0.3) is 0 Å². The zero-order chi connectivity index (χ0) is 20.7. The SMILES string of the molecule is COC(=O)c1cccc(Cc2c(-c3cccnc3)[nH]c3cc(C4CC4)c(F)cc23)n1. The summed E-state index contributed by atoms with van der Waals surface area (Å²) in [6.45, 7) is 0. The minimum absolute atomic E-state index is 0.167. The minimum Gasteiger partial charge on any atom is -0.464 e. The van der Waals surface area contributed by atoms with Crippen LogP contribution in [0.3, 0.4) is 0 Å². The molecule has 6 heteroatoms. The Kier molecular flexibility index (Phi) is 4.54. The third-order valence-electron chi connectivity index (χ3n) is 5.55. The molecule has 30 heavy (non-hydrogen) atoms. The molecule has 4 aromatic rings. The van der Waals surface area contributed by atoms with Crippen molar-refractivity contribution in [1.82, 2.24) is 15.0 Å². The summed E-state index contributed by atoms with van der Waals surface area (Å²) < 4.78 is 19.6. The molecule has 150 valence electrons. The first-order chi connectivity index (χ1) is 14.6. The monoisotopic (exact) mass is 401 g/mol. The van der Waals surface area contributed by atoms with Gasteiger partial charge in [-0.2, -0.15) is 0 Å². The minimum atomic E-state index is -0.483. The van der Waals surface area contributed by atoms with E-state index in [9.17, 15) is 9.18 Å². The Labute approximate surface area is 173 Å². The van der Waals surface area contributed by atoms with E-state index < -0.39 is 5.97 Å². The number of esters is 1. The number of halogens is 1. The van der Waals surface area contributed by atoms with E-state index in [0.29, 0.717) is 18.0 Å². The number of carbonyl (C=O) groups excluding carboxylic acids is 1. The van der Waals surface area contributed by atoms with E-state index in [1.54, 1.807) is 30.6 Å². The van der Waals surface area contributed by atoms with Crippen molar-refractivity contribution >= 4 is 16.9 Å². The molecule has 0 atom stereocenters. The summed E-state index contributed by atoms with van der Waals surface area (Å²) in [4.78, 5) is 24.0. The Balaban J connectivity index is 1.65. The van der Waals surface area contributed by atoms with Crippen LogP contribution in [0.15, 0.2) is 54.9 Å². The van der Waals surface area contributed by atoms with Gasteiger partial charge in [0.05, 0.1) is 12.8 Å². The lowest BCUT2D eigenvalue weighted by molar-refractivity contribution is 0.0593. The van der Waals surface area contributed by atoms with Crippen molar-refractivity contribution < 1.29 is 13.9 Å². The molecule has 0 spiro atoms. The fourth-order valence-electron chi connectivity index (χ4n) is 3.91. The van der Waals surface area contributed by atoms with E-state index in [2.05, 4.69) is 15.0 Å². The van der Waals surface area contributed by atoms with Crippen molar-refractivity contribution in [3.63, 3.8) is 0 Å². The molecule has 0 bridgehead atoms. The van der Waals surface area contributed by atoms with Crippen LogP contribution < -0.4 is 0 Å². The van der Waals surface area contributed by atoms with Crippen LogP contribution in [0.1, 0.15) is 46.1 Å². The zero-order valence-corrected chi connectivity index (χ0v) is 16.5. The molecule has 3 aromatic heterocycles. The number of carbonyl (C=O) groups is 1. The molecule has 3 heterocycles. The second-order valence-corrected chi connectivity index (χ2v) is 7.60. The second-order valence-electron chi connectivity index (χ2n) is 7.60. The highest BCUT2D eigenvalue weighted by molar-refractivity contribution is 5.92. The first-order valence-corrected chi connectivity index (χ1v) is 9.92. The average molecular weight is 401 g/mol. The maximum absolute atomic E-state index is 14.9. The first kappa shape index (κ1) is 18.5. The number of nitrogens with one attached hydrogen (secondary N) is 1. The fourth-order valence-corrected chi connectivity index (χ4v) is 3.91. The molecule has 1 saturated carbocycles. The number of benzene rings is 1. The number of nitrogens with zero attached hydrogens (tertiary/aromatic N) is 2. The van der Waals surface area contributed by atoms with Gasteiger partial charge >= 0.3 is 5.97 Å². The molecule has 1 N–H and O–H groups in total. The Morgan fingerprint density at radius 2 is 2.10 bits per heavy atom. The number of ether oxygens (including phenoxy) is 1. The molecular weight excluding hydrogens is 381 g/mol. The fraction of sp³-hybridized carbons (Fsp3) is 0.208.